The van der Waals surface area contributed by atoms with Crippen molar-refractivity contribution in [1.29, 1.82) is 0 Å². The molecule has 0 rings (SSSR count). The zero-order valence-electron chi connectivity index (χ0n) is 12.6. The average Bonchev–Trinajstić information content (AvgIpc) is 2.26. The van der Waals surface area contributed by atoms with Crippen molar-refractivity contribution >= 4 is 11.9 Å². The number of hydrogen-bond acceptors (Lipinski definition) is 2. The molecule has 0 aliphatic rings. The van der Waals surface area contributed by atoms with E-state index in [1.54, 1.807) is 0 Å². The summed E-state index contributed by atoms with van der Waals surface area (Å²) in [5, 5.41) is 11.7. The fraction of sp³-hybridized carbons (Fsp3) is 0.867. The molecule has 0 saturated carbocycles. The molecular formula is C15H29NO3. The Bertz CT molecular complexity index is 264. The highest BCUT2D eigenvalue weighted by atomic mass is 16.4. The second kappa shape index (κ2) is 10.8. The molecule has 0 aromatic carbocycles. The maximum atomic E-state index is 11.7. The fourth-order valence-corrected chi connectivity index (χ4v) is 2.16. The Morgan fingerprint density at radius 3 is 2.26 bits per heavy atom. The molecule has 1 atom stereocenters. The molecule has 0 unspecified atom stereocenters. The Morgan fingerprint density at radius 1 is 1.11 bits per heavy atom. The van der Waals surface area contributed by atoms with Crippen LogP contribution in [-0.2, 0) is 9.59 Å². The summed E-state index contributed by atoms with van der Waals surface area (Å²) in [4.78, 5) is 22.5. The number of hydrogen-bond donors (Lipinski definition) is 2. The zero-order valence-corrected chi connectivity index (χ0v) is 12.6. The van der Waals surface area contributed by atoms with Crippen LogP contribution < -0.4 is 5.32 Å². The van der Waals surface area contributed by atoms with E-state index in [1.807, 2.05) is 13.8 Å². The van der Waals surface area contributed by atoms with Crippen molar-refractivity contribution in [1.82, 2.24) is 5.32 Å². The Morgan fingerprint density at radius 2 is 1.74 bits per heavy atom. The smallest absolute Gasteiger partial charge is 0.305 e. The van der Waals surface area contributed by atoms with Crippen LogP contribution in [0.2, 0.25) is 0 Å². The molecule has 4 nitrogen and oxygen atoms in total. The SMILES string of the molecule is CCCCCCCC(=O)N[C@@H](CC(=O)O)CC(C)C. The highest BCUT2D eigenvalue weighted by molar-refractivity contribution is 5.77. The van der Waals surface area contributed by atoms with Gasteiger partial charge in [0.1, 0.15) is 0 Å². The molecule has 0 aliphatic carbocycles. The quantitative estimate of drug-likeness (QED) is 0.566. The molecule has 0 saturated heterocycles. The molecular weight excluding hydrogens is 242 g/mol. The van der Waals surface area contributed by atoms with Gasteiger partial charge in [-0.2, -0.15) is 0 Å². The van der Waals surface area contributed by atoms with Gasteiger partial charge in [-0.1, -0.05) is 46.5 Å². The standard InChI is InChI=1S/C15H29NO3/c1-4-5-6-7-8-9-14(17)16-13(10-12(2)3)11-15(18)19/h12-13H,4-11H2,1-3H3,(H,16,17)(H,18,19)/t13-/m1/s1. The van der Waals surface area contributed by atoms with E-state index in [-0.39, 0.29) is 18.4 Å². The first-order valence-electron chi connectivity index (χ1n) is 7.46. The normalized spacial score (nSPS) is 12.4. The molecule has 0 bridgehead atoms. The van der Waals surface area contributed by atoms with Crippen LogP contribution in [0.5, 0.6) is 0 Å². The monoisotopic (exact) mass is 271 g/mol. The molecule has 0 fully saturated rings. The summed E-state index contributed by atoms with van der Waals surface area (Å²) in [5.41, 5.74) is 0. The van der Waals surface area contributed by atoms with Gasteiger partial charge in [-0.15, -0.1) is 0 Å². The van der Waals surface area contributed by atoms with Crippen LogP contribution in [0, 0.1) is 5.92 Å². The van der Waals surface area contributed by atoms with Crippen LogP contribution in [0.3, 0.4) is 0 Å². The molecule has 0 spiro atoms. The summed E-state index contributed by atoms with van der Waals surface area (Å²) < 4.78 is 0. The van der Waals surface area contributed by atoms with Gasteiger partial charge in [-0.05, 0) is 18.8 Å². The van der Waals surface area contributed by atoms with E-state index in [1.165, 1.54) is 19.3 Å². The van der Waals surface area contributed by atoms with Crippen molar-refractivity contribution < 1.29 is 14.7 Å². The number of unbranched alkanes of at least 4 members (excludes halogenated alkanes) is 4. The van der Waals surface area contributed by atoms with Gasteiger partial charge in [0, 0.05) is 12.5 Å². The Hall–Kier alpha value is -1.06. The maximum Gasteiger partial charge on any atom is 0.305 e. The zero-order chi connectivity index (χ0) is 14.7. The van der Waals surface area contributed by atoms with Crippen molar-refractivity contribution in [2.75, 3.05) is 0 Å². The van der Waals surface area contributed by atoms with Gasteiger partial charge in [-0.3, -0.25) is 9.59 Å². The van der Waals surface area contributed by atoms with E-state index in [0.717, 1.165) is 12.8 Å². The van der Waals surface area contributed by atoms with Crippen LogP contribution in [0.15, 0.2) is 0 Å². The maximum absolute atomic E-state index is 11.7. The number of rotatable bonds is 11. The van der Waals surface area contributed by atoms with Crippen molar-refractivity contribution in [3.05, 3.63) is 0 Å². The van der Waals surface area contributed by atoms with E-state index in [4.69, 9.17) is 5.11 Å². The highest BCUT2D eigenvalue weighted by Gasteiger charge is 2.16. The summed E-state index contributed by atoms with van der Waals surface area (Å²) in [6, 6.07) is -0.236. The van der Waals surface area contributed by atoms with Crippen molar-refractivity contribution in [2.45, 2.75) is 78.2 Å². The first kappa shape index (κ1) is 17.9. The Labute approximate surface area is 117 Å². The van der Waals surface area contributed by atoms with Gasteiger partial charge >= 0.3 is 5.97 Å². The molecule has 112 valence electrons. The van der Waals surface area contributed by atoms with Crippen molar-refractivity contribution in [3.63, 3.8) is 0 Å². The summed E-state index contributed by atoms with van der Waals surface area (Å²) in [7, 11) is 0. The second-order valence-corrected chi connectivity index (χ2v) is 5.66. The third-order valence-electron chi connectivity index (χ3n) is 3.05. The van der Waals surface area contributed by atoms with E-state index in [0.29, 0.717) is 18.8 Å². The number of carboxylic acids is 1. The highest BCUT2D eigenvalue weighted by Crippen LogP contribution is 2.10. The molecule has 4 heteroatoms. The lowest BCUT2D eigenvalue weighted by Gasteiger charge is -2.18. The lowest BCUT2D eigenvalue weighted by molar-refractivity contribution is -0.137. The minimum absolute atomic E-state index is 0.0107. The topological polar surface area (TPSA) is 66.4 Å². The van der Waals surface area contributed by atoms with Crippen molar-refractivity contribution in [2.24, 2.45) is 5.92 Å². The Kier molecular flexibility index (Phi) is 10.2. The molecule has 2 N–H and O–H groups in total. The van der Waals surface area contributed by atoms with E-state index < -0.39 is 5.97 Å². The van der Waals surface area contributed by atoms with Gasteiger partial charge in [0.05, 0.1) is 6.42 Å². The molecule has 0 aromatic rings. The van der Waals surface area contributed by atoms with E-state index in [2.05, 4.69) is 12.2 Å². The third kappa shape index (κ3) is 11.7. The molecule has 0 aromatic heterocycles. The number of carbonyl (C=O) groups excluding carboxylic acids is 1. The number of carbonyl (C=O) groups is 2. The fourth-order valence-electron chi connectivity index (χ4n) is 2.16. The largest absolute Gasteiger partial charge is 0.481 e. The Balaban J connectivity index is 3.91. The van der Waals surface area contributed by atoms with Gasteiger partial charge in [0.25, 0.3) is 0 Å². The van der Waals surface area contributed by atoms with Gasteiger partial charge in [0.2, 0.25) is 5.91 Å². The predicted octanol–water partition coefficient (Wildman–Crippen LogP) is 3.35. The third-order valence-corrected chi connectivity index (χ3v) is 3.05. The summed E-state index contributed by atoms with van der Waals surface area (Å²) in [5.74, 6) is -0.480. The van der Waals surface area contributed by atoms with E-state index >= 15 is 0 Å². The van der Waals surface area contributed by atoms with Gasteiger partial charge in [-0.25, -0.2) is 0 Å². The molecule has 1 amide bonds. The molecule has 0 heterocycles. The molecule has 0 aliphatic heterocycles. The van der Waals surface area contributed by atoms with Gasteiger partial charge in [0.15, 0.2) is 0 Å². The van der Waals surface area contributed by atoms with Gasteiger partial charge < -0.3 is 10.4 Å². The van der Waals surface area contributed by atoms with Crippen LogP contribution in [0.1, 0.15) is 72.1 Å². The van der Waals surface area contributed by atoms with Crippen LogP contribution >= 0.6 is 0 Å². The summed E-state index contributed by atoms with van der Waals surface area (Å²) >= 11 is 0. The van der Waals surface area contributed by atoms with Crippen LogP contribution in [0.25, 0.3) is 0 Å². The minimum atomic E-state index is -0.853. The number of aliphatic carboxylic acids is 1. The average molecular weight is 271 g/mol. The number of carboxylic acid groups (broad SMARTS) is 1. The van der Waals surface area contributed by atoms with E-state index in [9.17, 15) is 9.59 Å². The van der Waals surface area contributed by atoms with Crippen LogP contribution in [-0.4, -0.2) is 23.0 Å². The summed E-state index contributed by atoms with van der Waals surface area (Å²) in [6.45, 7) is 6.23. The molecule has 19 heavy (non-hydrogen) atoms. The lowest BCUT2D eigenvalue weighted by Crippen LogP contribution is -2.37. The van der Waals surface area contributed by atoms with Crippen LogP contribution in [0.4, 0.5) is 0 Å². The first-order chi connectivity index (χ1) is 8.95. The predicted molar refractivity (Wildman–Crippen MR) is 77.0 cm³/mol. The first-order valence-corrected chi connectivity index (χ1v) is 7.46. The molecule has 0 radical (unpaired) electrons. The summed E-state index contributed by atoms with van der Waals surface area (Å²) in [6.07, 6.45) is 6.81. The number of nitrogens with one attached hydrogen (secondary N) is 1. The lowest BCUT2D eigenvalue weighted by atomic mass is 10.0. The minimum Gasteiger partial charge on any atom is -0.481 e. The van der Waals surface area contributed by atoms with Crippen molar-refractivity contribution in [3.8, 4) is 0 Å². The second-order valence-electron chi connectivity index (χ2n) is 5.66. The number of amides is 1.